The van der Waals surface area contributed by atoms with E-state index in [1.165, 1.54) is 16.1 Å². The maximum Gasteiger partial charge on any atom is 0.211 e. The first-order chi connectivity index (χ1) is 9.77. The summed E-state index contributed by atoms with van der Waals surface area (Å²) >= 11 is 0. The van der Waals surface area contributed by atoms with E-state index in [1.54, 1.807) is 0 Å². The number of piperazine rings is 1. The Kier molecular flexibility index (Phi) is 4.65. The number of nitrogens with one attached hydrogen (secondary N) is 1. The number of nitrogens with two attached hydrogens (primary N) is 1. The predicted octanol–water partition coefficient (Wildman–Crippen LogP) is 0.356. The van der Waals surface area contributed by atoms with Crippen LogP contribution in [0.2, 0.25) is 0 Å². The van der Waals surface area contributed by atoms with Crippen molar-refractivity contribution in [2.45, 2.75) is 13.5 Å². The fourth-order valence-electron chi connectivity index (χ4n) is 2.50. The first-order valence-corrected chi connectivity index (χ1v) is 8.73. The third-order valence-corrected chi connectivity index (χ3v) is 5.15. The van der Waals surface area contributed by atoms with Crippen LogP contribution in [0, 0.1) is 12.3 Å². The van der Waals surface area contributed by atoms with E-state index in [1.807, 2.05) is 25.1 Å². The van der Waals surface area contributed by atoms with Gasteiger partial charge < -0.3 is 5.73 Å². The van der Waals surface area contributed by atoms with E-state index in [9.17, 15) is 8.42 Å². The topological polar surface area (TPSA) is 90.5 Å². The van der Waals surface area contributed by atoms with Gasteiger partial charge in [-0.2, -0.15) is 4.31 Å². The second-order valence-electron chi connectivity index (χ2n) is 5.49. The molecule has 7 heteroatoms. The third-order valence-electron chi connectivity index (χ3n) is 3.85. The third kappa shape index (κ3) is 4.03. The van der Waals surface area contributed by atoms with Crippen molar-refractivity contribution in [1.82, 2.24) is 9.21 Å². The zero-order valence-electron chi connectivity index (χ0n) is 12.5. The standard InChI is InChI=1S/C14H22N4O2S/c1-11-9-12(14(15)16)3-4-13(11)10-17-5-7-18(8-6-17)21(2,19)20/h3-4,9H,5-8,10H2,1-2H3,(H3,15,16). The highest BCUT2D eigenvalue weighted by molar-refractivity contribution is 7.88. The Balaban J connectivity index is 1.99. The fraction of sp³-hybridized carbons (Fsp3) is 0.500. The summed E-state index contributed by atoms with van der Waals surface area (Å²) in [5, 5.41) is 7.44. The average Bonchev–Trinajstić information content (AvgIpc) is 2.40. The summed E-state index contributed by atoms with van der Waals surface area (Å²) in [4.78, 5) is 2.25. The van der Waals surface area contributed by atoms with E-state index in [4.69, 9.17) is 11.1 Å². The van der Waals surface area contributed by atoms with E-state index in [0.717, 1.165) is 30.8 Å². The SMILES string of the molecule is Cc1cc(C(=N)N)ccc1CN1CCN(S(C)(=O)=O)CC1. The minimum absolute atomic E-state index is 0.0754. The smallest absolute Gasteiger partial charge is 0.211 e. The van der Waals surface area contributed by atoms with Gasteiger partial charge >= 0.3 is 0 Å². The molecule has 1 aliphatic heterocycles. The van der Waals surface area contributed by atoms with Crippen LogP contribution in [0.3, 0.4) is 0 Å². The van der Waals surface area contributed by atoms with Crippen molar-refractivity contribution < 1.29 is 8.42 Å². The number of amidine groups is 1. The van der Waals surface area contributed by atoms with Crippen molar-refractivity contribution in [1.29, 1.82) is 5.41 Å². The molecule has 1 aliphatic rings. The van der Waals surface area contributed by atoms with E-state index in [-0.39, 0.29) is 5.84 Å². The van der Waals surface area contributed by atoms with Gasteiger partial charge in [-0.3, -0.25) is 10.3 Å². The van der Waals surface area contributed by atoms with Gasteiger partial charge in [0.15, 0.2) is 0 Å². The zero-order chi connectivity index (χ0) is 15.6. The quantitative estimate of drug-likeness (QED) is 0.620. The van der Waals surface area contributed by atoms with Crippen LogP contribution in [-0.2, 0) is 16.6 Å². The molecule has 6 nitrogen and oxygen atoms in total. The Hall–Kier alpha value is -1.44. The Bertz CT molecular complexity index is 634. The fourth-order valence-corrected chi connectivity index (χ4v) is 3.33. The zero-order valence-corrected chi connectivity index (χ0v) is 13.3. The molecule has 0 bridgehead atoms. The maximum atomic E-state index is 11.5. The van der Waals surface area contributed by atoms with Gasteiger partial charge in [-0.1, -0.05) is 12.1 Å². The lowest BCUT2D eigenvalue weighted by Crippen LogP contribution is -2.47. The molecule has 0 spiro atoms. The second kappa shape index (κ2) is 6.13. The summed E-state index contributed by atoms with van der Waals surface area (Å²) in [6.07, 6.45) is 1.26. The van der Waals surface area contributed by atoms with E-state index in [2.05, 4.69) is 4.90 Å². The highest BCUT2D eigenvalue weighted by Crippen LogP contribution is 2.15. The molecule has 116 valence electrons. The lowest BCUT2D eigenvalue weighted by Gasteiger charge is -2.33. The van der Waals surface area contributed by atoms with Crippen molar-refractivity contribution in [2.24, 2.45) is 5.73 Å². The molecule has 0 unspecified atom stereocenters. The summed E-state index contributed by atoms with van der Waals surface area (Å²) in [6, 6.07) is 5.77. The Morgan fingerprint density at radius 3 is 2.38 bits per heavy atom. The van der Waals surface area contributed by atoms with E-state index < -0.39 is 10.0 Å². The highest BCUT2D eigenvalue weighted by Gasteiger charge is 2.23. The van der Waals surface area contributed by atoms with Crippen molar-refractivity contribution in [2.75, 3.05) is 32.4 Å². The molecule has 1 fully saturated rings. The van der Waals surface area contributed by atoms with Crippen LogP contribution in [0.4, 0.5) is 0 Å². The molecular formula is C14H22N4O2S. The Morgan fingerprint density at radius 1 is 1.29 bits per heavy atom. The van der Waals surface area contributed by atoms with Gasteiger partial charge in [-0.25, -0.2) is 8.42 Å². The number of nitrogen functional groups attached to an aromatic ring is 1. The van der Waals surface area contributed by atoms with Crippen molar-refractivity contribution in [3.05, 3.63) is 34.9 Å². The molecule has 21 heavy (non-hydrogen) atoms. The lowest BCUT2D eigenvalue weighted by atomic mass is 10.0. The Labute approximate surface area is 126 Å². The molecule has 1 aromatic carbocycles. The van der Waals surface area contributed by atoms with Gasteiger partial charge in [-0.15, -0.1) is 0 Å². The first-order valence-electron chi connectivity index (χ1n) is 6.89. The Morgan fingerprint density at radius 2 is 1.90 bits per heavy atom. The summed E-state index contributed by atoms with van der Waals surface area (Å²) in [7, 11) is -3.08. The van der Waals surface area contributed by atoms with Gasteiger partial charge in [0.25, 0.3) is 0 Å². The van der Waals surface area contributed by atoms with Crippen LogP contribution in [0.1, 0.15) is 16.7 Å². The van der Waals surface area contributed by atoms with E-state index >= 15 is 0 Å². The van der Waals surface area contributed by atoms with Crippen LogP contribution >= 0.6 is 0 Å². The molecule has 0 saturated carbocycles. The summed E-state index contributed by atoms with van der Waals surface area (Å²) in [5.41, 5.74) is 8.51. The van der Waals surface area contributed by atoms with Gasteiger partial charge in [0, 0.05) is 38.3 Å². The van der Waals surface area contributed by atoms with Crippen LogP contribution in [0.25, 0.3) is 0 Å². The van der Waals surface area contributed by atoms with Crippen LogP contribution in [0.5, 0.6) is 0 Å². The van der Waals surface area contributed by atoms with Gasteiger partial charge in [0.2, 0.25) is 10.0 Å². The molecule has 1 aromatic rings. The number of hydrogen-bond donors (Lipinski definition) is 2. The molecule has 1 saturated heterocycles. The summed E-state index contributed by atoms with van der Waals surface area (Å²) in [6.45, 7) is 5.37. The molecular weight excluding hydrogens is 288 g/mol. The minimum atomic E-state index is -3.08. The van der Waals surface area contributed by atoms with Gasteiger partial charge in [0.05, 0.1) is 6.26 Å². The molecule has 0 atom stereocenters. The summed E-state index contributed by atoms with van der Waals surface area (Å²) in [5.74, 6) is 0.0754. The predicted molar refractivity (Wildman–Crippen MR) is 83.9 cm³/mol. The molecule has 3 N–H and O–H groups in total. The minimum Gasteiger partial charge on any atom is -0.384 e. The molecule has 0 aliphatic carbocycles. The van der Waals surface area contributed by atoms with Crippen LogP contribution in [0.15, 0.2) is 18.2 Å². The van der Waals surface area contributed by atoms with Gasteiger partial charge in [0.1, 0.15) is 5.84 Å². The number of rotatable bonds is 4. The molecule has 0 aromatic heterocycles. The molecule has 2 rings (SSSR count). The van der Waals surface area contributed by atoms with Crippen LogP contribution in [-0.4, -0.2) is 55.9 Å². The maximum absolute atomic E-state index is 11.5. The van der Waals surface area contributed by atoms with Crippen LogP contribution < -0.4 is 5.73 Å². The van der Waals surface area contributed by atoms with Crippen molar-refractivity contribution in [3.63, 3.8) is 0 Å². The molecule has 1 heterocycles. The second-order valence-corrected chi connectivity index (χ2v) is 7.48. The first kappa shape index (κ1) is 15.9. The number of sulfonamides is 1. The highest BCUT2D eigenvalue weighted by atomic mass is 32.2. The molecule has 0 radical (unpaired) electrons. The largest absolute Gasteiger partial charge is 0.384 e. The normalized spacial score (nSPS) is 17.8. The van der Waals surface area contributed by atoms with Crippen molar-refractivity contribution in [3.8, 4) is 0 Å². The van der Waals surface area contributed by atoms with Gasteiger partial charge in [-0.05, 0) is 24.1 Å². The van der Waals surface area contributed by atoms with E-state index in [0.29, 0.717) is 13.1 Å². The number of benzene rings is 1. The number of aryl methyl sites for hydroxylation is 1. The monoisotopic (exact) mass is 310 g/mol. The lowest BCUT2D eigenvalue weighted by molar-refractivity contribution is 0.182. The molecule has 0 amide bonds. The average molecular weight is 310 g/mol. The van der Waals surface area contributed by atoms with Crippen molar-refractivity contribution >= 4 is 15.9 Å². The number of nitrogens with zero attached hydrogens (tertiary/aromatic N) is 2. The summed E-state index contributed by atoms with van der Waals surface area (Å²) < 4.78 is 24.5. The number of hydrogen-bond acceptors (Lipinski definition) is 4.